The van der Waals surface area contributed by atoms with Crippen LogP contribution in [0.2, 0.25) is 5.02 Å². The quantitative estimate of drug-likeness (QED) is 0.265. The van der Waals surface area contributed by atoms with E-state index < -0.39 is 0 Å². The van der Waals surface area contributed by atoms with E-state index in [1.165, 1.54) is 0 Å². The largest absolute Gasteiger partial charge is 0.489 e. The molecule has 0 fully saturated rings. The molecule has 1 aromatic heterocycles. The van der Waals surface area contributed by atoms with Gasteiger partial charge in [0.2, 0.25) is 0 Å². The smallest absolute Gasteiger partial charge is 0.191 e. The first-order valence-electron chi connectivity index (χ1n) is 8.01. The van der Waals surface area contributed by atoms with Crippen LogP contribution in [0.4, 0.5) is 0 Å². The average molecular weight is 478 g/mol. The summed E-state index contributed by atoms with van der Waals surface area (Å²) in [6.45, 7) is 4.37. The Morgan fingerprint density at radius 3 is 2.72 bits per heavy atom. The van der Waals surface area contributed by atoms with Gasteiger partial charge in [0.25, 0.3) is 0 Å². The summed E-state index contributed by atoms with van der Waals surface area (Å²) in [4.78, 5) is 4.21. The number of halogens is 2. The van der Waals surface area contributed by atoms with Crippen LogP contribution in [-0.2, 0) is 6.54 Å². The summed E-state index contributed by atoms with van der Waals surface area (Å²) in [5, 5.41) is 11.4. The highest BCUT2D eigenvalue weighted by Gasteiger charge is 2.05. The first-order chi connectivity index (χ1) is 11.7. The molecule has 0 bridgehead atoms. The van der Waals surface area contributed by atoms with Crippen molar-refractivity contribution in [2.45, 2.75) is 26.0 Å². The molecular weight excluding hydrogens is 453 g/mol. The van der Waals surface area contributed by atoms with Gasteiger partial charge in [-0.2, -0.15) is 5.10 Å². The molecule has 138 valence electrons. The topological polar surface area (TPSA) is 63.5 Å². The Labute approximate surface area is 171 Å². The molecule has 2 rings (SSSR count). The zero-order valence-corrected chi connectivity index (χ0v) is 17.6. The van der Waals surface area contributed by atoms with E-state index in [4.69, 9.17) is 16.3 Å². The van der Waals surface area contributed by atoms with Crippen LogP contribution in [0.15, 0.2) is 47.7 Å². The fourth-order valence-corrected chi connectivity index (χ4v) is 2.25. The van der Waals surface area contributed by atoms with E-state index in [1.54, 1.807) is 13.2 Å². The van der Waals surface area contributed by atoms with Crippen LogP contribution in [-0.4, -0.2) is 42.0 Å². The standard InChI is InChI=1S/C17H24ClN5O.HI/c1-14(24-16-7-5-15(18)6-8-16)13-21-17(19-2)20-9-3-11-23-12-4-10-22-23;/h4-8,10,12,14H,3,9,11,13H2,1-2H3,(H2,19,20,21);1H. The molecule has 25 heavy (non-hydrogen) atoms. The van der Waals surface area contributed by atoms with Crippen molar-refractivity contribution < 1.29 is 4.74 Å². The molecule has 0 spiro atoms. The zero-order valence-electron chi connectivity index (χ0n) is 14.5. The molecule has 0 aliphatic carbocycles. The first-order valence-corrected chi connectivity index (χ1v) is 8.39. The lowest BCUT2D eigenvalue weighted by Gasteiger charge is -2.17. The third-order valence-electron chi connectivity index (χ3n) is 3.35. The Hall–Kier alpha value is -1.48. The molecule has 8 heteroatoms. The van der Waals surface area contributed by atoms with Crippen LogP contribution in [0.3, 0.4) is 0 Å². The molecule has 0 saturated heterocycles. The van der Waals surface area contributed by atoms with Crippen LogP contribution in [0.5, 0.6) is 5.75 Å². The maximum absolute atomic E-state index is 5.87. The number of ether oxygens (including phenoxy) is 1. The molecule has 0 saturated carbocycles. The fraction of sp³-hybridized carbons (Fsp3) is 0.412. The van der Waals surface area contributed by atoms with Crippen molar-refractivity contribution in [2.24, 2.45) is 4.99 Å². The normalized spacial score (nSPS) is 12.2. The lowest BCUT2D eigenvalue weighted by atomic mass is 10.3. The molecule has 2 N–H and O–H groups in total. The number of aliphatic imine (C=N–C) groups is 1. The Kier molecular flexibility index (Phi) is 10.3. The first kappa shape index (κ1) is 21.6. The molecule has 1 unspecified atom stereocenters. The van der Waals surface area contributed by atoms with Crippen molar-refractivity contribution in [1.82, 2.24) is 20.4 Å². The van der Waals surface area contributed by atoms with Gasteiger partial charge in [-0.05, 0) is 43.7 Å². The number of aryl methyl sites for hydroxylation is 1. The third-order valence-corrected chi connectivity index (χ3v) is 3.60. The number of rotatable bonds is 8. The van der Waals surface area contributed by atoms with E-state index in [0.717, 1.165) is 31.2 Å². The lowest BCUT2D eigenvalue weighted by molar-refractivity contribution is 0.224. The van der Waals surface area contributed by atoms with Gasteiger partial charge in [-0.3, -0.25) is 9.67 Å². The molecule has 1 atom stereocenters. The minimum atomic E-state index is 0. The molecule has 1 aromatic carbocycles. The second-order valence-electron chi connectivity index (χ2n) is 5.38. The number of nitrogens with one attached hydrogen (secondary N) is 2. The van der Waals surface area contributed by atoms with Crippen LogP contribution in [0.1, 0.15) is 13.3 Å². The monoisotopic (exact) mass is 477 g/mol. The highest BCUT2D eigenvalue weighted by Crippen LogP contribution is 2.16. The average Bonchev–Trinajstić information content (AvgIpc) is 3.10. The summed E-state index contributed by atoms with van der Waals surface area (Å²) in [5.74, 6) is 1.57. The van der Waals surface area contributed by atoms with Crippen LogP contribution in [0.25, 0.3) is 0 Å². The van der Waals surface area contributed by atoms with E-state index in [0.29, 0.717) is 11.6 Å². The van der Waals surface area contributed by atoms with Gasteiger partial charge in [0.15, 0.2) is 5.96 Å². The Balaban J connectivity index is 0.00000312. The van der Waals surface area contributed by atoms with Gasteiger partial charge < -0.3 is 15.4 Å². The van der Waals surface area contributed by atoms with Crippen LogP contribution >= 0.6 is 35.6 Å². The fourth-order valence-electron chi connectivity index (χ4n) is 2.13. The van der Waals surface area contributed by atoms with Crippen molar-refractivity contribution in [3.8, 4) is 5.75 Å². The van der Waals surface area contributed by atoms with E-state index in [2.05, 4.69) is 20.7 Å². The predicted molar refractivity (Wildman–Crippen MR) is 113 cm³/mol. The predicted octanol–water partition coefficient (Wildman–Crippen LogP) is 3.18. The van der Waals surface area contributed by atoms with Gasteiger partial charge in [-0.25, -0.2) is 0 Å². The SMILES string of the molecule is CN=C(NCCCn1cccn1)NCC(C)Oc1ccc(Cl)cc1.I. The Morgan fingerprint density at radius 1 is 1.32 bits per heavy atom. The van der Waals surface area contributed by atoms with Gasteiger partial charge in [-0.15, -0.1) is 24.0 Å². The van der Waals surface area contributed by atoms with Gasteiger partial charge in [-0.1, -0.05) is 11.6 Å². The summed E-state index contributed by atoms with van der Waals surface area (Å²) in [6, 6.07) is 9.28. The molecule has 1 heterocycles. The van der Waals surface area contributed by atoms with Crippen molar-refractivity contribution in [3.05, 3.63) is 47.7 Å². The van der Waals surface area contributed by atoms with Gasteiger partial charge in [0.05, 0.1) is 6.54 Å². The van der Waals surface area contributed by atoms with E-state index in [1.807, 2.05) is 48.1 Å². The zero-order chi connectivity index (χ0) is 17.2. The molecule has 0 aliphatic rings. The van der Waals surface area contributed by atoms with Gasteiger partial charge >= 0.3 is 0 Å². The van der Waals surface area contributed by atoms with Crippen molar-refractivity contribution >= 4 is 41.5 Å². The molecular formula is C17H25ClIN5O. The van der Waals surface area contributed by atoms with Crippen molar-refractivity contribution in [1.29, 1.82) is 0 Å². The number of guanidine groups is 1. The highest BCUT2D eigenvalue weighted by molar-refractivity contribution is 14.0. The Morgan fingerprint density at radius 2 is 2.08 bits per heavy atom. The Bertz CT molecular complexity index is 618. The highest BCUT2D eigenvalue weighted by atomic mass is 127. The molecule has 0 aliphatic heterocycles. The van der Waals surface area contributed by atoms with Crippen LogP contribution in [0, 0.1) is 0 Å². The van der Waals surface area contributed by atoms with E-state index >= 15 is 0 Å². The van der Waals surface area contributed by atoms with Crippen molar-refractivity contribution in [2.75, 3.05) is 20.1 Å². The number of benzene rings is 1. The summed E-state index contributed by atoms with van der Waals surface area (Å²) in [5.41, 5.74) is 0. The number of hydrogen-bond acceptors (Lipinski definition) is 3. The van der Waals surface area contributed by atoms with E-state index in [9.17, 15) is 0 Å². The van der Waals surface area contributed by atoms with E-state index in [-0.39, 0.29) is 30.1 Å². The summed E-state index contributed by atoms with van der Waals surface area (Å²) in [7, 11) is 1.76. The maximum Gasteiger partial charge on any atom is 0.191 e. The molecule has 6 nitrogen and oxygen atoms in total. The number of hydrogen-bond donors (Lipinski definition) is 2. The molecule has 0 amide bonds. The maximum atomic E-state index is 5.87. The summed E-state index contributed by atoms with van der Waals surface area (Å²) in [6.07, 6.45) is 4.73. The second-order valence-corrected chi connectivity index (χ2v) is 5.82. The minimum absolute atomic E-state index is 0. The summed E-state index contributed by atoms with van der Waals surface area (Å²) >= 11 is 5.87. The van der Waals surface area contributed by atoms with Crippen LogP contribution < -0.4 is 15.4 Å². The minimum Gasteiger partial charge on any atom is -0.489 e. The van der Waals surface area contributed by atoms with Gasteiger partial charge in [0, 0.05) is 37.6 Å². The second kappa shape index (κ2) is 12.0. The van der Waals surface area contributed by atoms with Crippen molar-refractivity contribution in [3.63, 3.8) is 0 Å². The third kappa shape index (κ3) is 8.44. The molecule has 0 radical (unpaired) electrons. The lowest BCUT2D eigenvalue weighted by Crippen LogP contribution is -2.42. The number of nitrogens with zero attached hydrogens (tertiary/aromatic N) is 3. The molecule has 2 aromatic rings. The summed E-state index contributed by atoms with van der Waals surface area (Å²) < 4.78 is 7.74. The van der Waals surface area contributed by atoms with Gasteiger partial charge in [0.1, 0.15) is 11.9 Å². The number of aromatic nitrogens is 2.